The zero-order valence-corrected chi connectivity index (χ0v) is 15.5. The van der Waals surface area contributed by atoms with E-state index in [9.17, 15) is 4.79 Å². The molecule has 0 aliphatic carbocycles. The molecule has 4 nitrogen and oxygen atoms in total. The van der Waals surface area contributed by atoms with Crippen molar-refractivity contribution >= 4 is 5.91 Å². The highest BCUT2D eigenvalue weighted by molar-refractivity contribution is 5.96. The summed E-state index contributed by atoms with van der Waals surface area (Å²) >= 11 is 0. The minimum atomic E-state index is -0.105. The summed E-state index contributed by atoms with van der Waals surface area (Å²) in [6, 6.07) is 15.7. The molecule has 0 spiro atoms. The van der Waals surface area contributed by atoms with Crippen LogP contribution in [0.2, 0.25) is 0 Å². The summed E-state index contributed by atoms with van der Waals surface area (Å²) in [6.07, 6.45) is 5.25. The van der Waals surface area contributed by atoms with Gasteiger partial charge in [0.2, 0.25) is 0 Å². The Hall–Kier alpha value is -2.33. The van der Waals surface area contributed by atoms with Gasteiger partial charge in [-0.1, -0.05) is 49.2 Å². The van der Waals surface area contributed by atoms with Crippen molar-refractivity contribution in [3.63, 3.8) is 0 Å². The lowest BCUT2D eigenvalue weighted by molar-refractivity contribution is 0.0947. The van der Waals surface area contributed by atoms with E-state index in [1.807, 2.05) is 24.3 Å². The lowest BCUT2D eigenvalue weighted by Crippen LogP contribution is -2.27. The molecule has 0 bridgehead atoms. The van der Waals surface area contributed by atoms with E-state index < -0.39 is 0 Å². The molecule has 26 heavy (non-hydrogen) atoms. The molecular formula is C22H28N2O2. The minimum absolute atomic E-state index is 0.105. The molecule has 4 heteroatoms. The van der Waals surface area contributed by atoms with Crippen molar-refractivity contribution in [3.05, 3.63) is 65.2 Å². The number of nitrogens with zero attached hydrogens (tertiary/aromatic N) is 1. The molecular weight excluding hydrogens is 324 g/mol. The van der Waals surface area contributed by atoms with Gasteiger partial charge in [-0.25, -0.2) is 0 Å². The van der Waals surface area contributed by atoms with E-state index in [-0.39, 0.29) is 5.91 Å². The van der Waals surface area contributed by atoms with E-state index in [1.165, 1.54) is 49.9 Å². The molecule has 1 aliphatic rings. The van der Waals surface area contributed by atoms with Crippen LogP contribution >= 0.6 is 0 Å². The normalized spacial score (nSPS) is 15.3. The molecule has 1 fully saturated rings. The fraction of sp³-hybridized carbons (Fsp3) is 0.409. The van der Waals surface area contributed by atoms with Crippen molar-refractivity contribution in [3.8, 4) is 5.75 Å². The molecule has 0 aromatic heterocycles. The van der Waals surface area contributed by atoms with Gasteiger partial charge in [0.05, 0.1) is 12.7 Å². The average Bonchev–Trinajstić information content (AvgIpc) is 2.95. The Morgan fingerprint density at radius 3 is 2.35 bits per heavy atom. The van der Waals surface area contributed by atoms with Gasteiger partial charge < -0.3 is 10.1 Å². The molecule has 0 radical (unpaired) electrons. The Morgan fingerprint density at radius 1 is 0.962 bits per heavy atom. The Balaban J connectivity index is 1.65. The minimum Gasteiger partial charge on any atom is -0.496 e. The number of rotatable bonds is 6. The second kappa shape index (κ2) is 9.39. The number of methoxy groups -OCH3 is 1. The first kappa shape index (κ1) is 18.5. The van der Waals surface area contributed by atoms with Gasteiger partial charge in [0.1, 0.15) is 5.75 Å². The highest BCUT2D eigenvalue weighted by Gasteiger charge is 2.14. The molecule has 138 valence electrons. The lowest BCUT2D eigenvalue weighted by atomic mass is 10.1. The van der Waals surface area contributed by atoms with Crippen LogP contribution in [0.5, 0.6) is 5.75 Å². The fourth-order valence-corrected chi connectivity index (χ4v) is 3.52. The Morgan fingerprint density at radius 2 is 1.62 bits per heavy atom. The molecule has 0 atom stereocenters. The summed E-state index contributed by atoms with van der Waals surface area (Å²) < 4.78 is 5.29. The number of hydrogen-bond acceptors (Lipinski definition) is 3. The summed E-state index contributed by atoms with van der Waals surface area (Å²) in [5.74, 6) is 0.495. The van der Waals surface area contributed by atoms with Crippen molar-refractivity contribution in [2.24, 2.45) is 0 Å². The van der Waals surface area contributed by atoms with Gasteiger partial charge in [-0.05, 0) is 49.2 Å². The van der Waals surface area contributed by atoms with Crippen LogP contribution in [0.3, 0.4) is 0 Å². The van der Waals surface area contributed by atoms with E-state index in [2.05, 4.69) is 28.4 Å². The summed E-state index contributed by atoms with van der Waals surface area (Å²) in [7, 11) is 1.59. The summed E-state index contributed by atoms with van der Waals surface area (Å²) in [5.41, 5.74) is 3.05. The van der Waals surface area contributed by atoms with Gasteiger partial charge in [-0.2, -0.15) is 0 Å². The number of amides is 1. The Labute approximate surface area is 156 Å². The Kier molecular flexibility index (Phi) is 6.67. The molecule has 2 aromatic carbocycles. The number of carbonyl (C=O) groups excluding carboxylic acids is 1. The predicted molar refractivity (Wildman–Crippen MR) is 104 cm³/mol. The van der Waals surface area contributed by atoms with Gasteiger partial charge in [0.25, 0.3) is 5.91 Å². The van der Waals surface area contributed by atoms with Gasteiger partial charge in [-0.3, -0.25) is 9.69 Å². The molecule has 2 aromatic rings. The first-order valence-corrected chi connectivity index (χ1v) is 9.48. The van der Waals surface area contributed by atoms with Crippen molar-refractivity contribution in [2.75, 3.05) is 20.2 Å². The number of ether oxygens (including phenoxy) is 1. The van der Waals surface area contributed by atoms with Gasteiger partial charge in [0.15, 0.2) is 0 Å². The molecule has 1 amide bonds. The van der Waals surface area contributed by atoms with E-state index in [4.69, 9.17) is 4.74 Å². The summed E-state index contributed by atoms with van der Waals surface area (Å²) in [6.45, 7) is 3.82. The molecule has 0 unspecified atom stereocenters. The van der Waals surface area contributed by atoms with Crippen LogP contribution in [0.4, 0.5) is 0 Å². The smallest absolute Gasteiger partial charge is 0.255 e. The van der Waals surface area contributed by atoms with Crippen molar-refractivity contribution in [2.45, 2.75) is 38.8 Å². The second-order valence-corrected chi connectivity index (χ2v) is 6.84. The van der Waals surface area contributed by atoms with E-state index in [0.717, 1.165) is 6.54 Å². The molecule has 1 N–H and O–H groups in total. The zero-order valence-electron chi connectivity index (χ0n) is 15.5. The summed E-state index contributed by atoms with van der Waals surface area (Å²) in [4.78, 5) is 15.1. The standard InChI is InChI=1S/C22H28N2O2/c1-26-21-13-7-6-12-20(21)22(25)23-16-18-10-4-5-11-19(18)17-24-14-8-2-3-9-15-24/h4-7,10-13H,2-3,8-9,14-17H2,1H3,(H,23,25). The third-order valence-corrected chi connectivity index (χ3v) is 5.00. The Bertz CT molecular complexity index is 722. The second-order valence-electron chi connectivity index (χ2n) is 6.84. The monoisotopic (exact) mass is 352 g/mol. The third kappa shape index (κ3) is 4.85. The highest BCUT2D eigenvalue weighted by Crippen LogP contribution is 2.19. The van der Waals surface area contributed by atoms with Gasteiger partial charge in [-0.15, -0.1) is 0 Å². The van der Waals surface area contributed by atoms with Gasteiger partial charge >= 0.3 is 0 Å². The zero-order chi connectivity index (χ0) is 18.2. The number of para-hydroxylation sites is 1. The maximum atomic E-state index is 12.5. The van der Waals surface area contributed by atoms with Crippen LogP contribution in [0, 0.1) is 0 Å². The van der Waals surface area contributed by atoms with Crippen LogP contribution in [0.25, 0.3) is 0 Å². The van der Waals surface area contributed by atoms with Crippen LogP contribution < -0.4 is 10.1 Å². The number of benzene rings is 2. The molecule has 1 aliphatic heterocycles. The SMILES string of the molecule is COc1ccccc1C(=O)NCc1ccccc1CN1CCCCCC1. The van der Waals surface area contributed by atoms with Crippen LogP contribution in [0.15, 0.2) is 48.5 Å². The van der Waals surface area contributed by atoms with Crippen LogP contribution in [-0.4, -0.2) is 31.0 Å². The molecule has 3 rings (SSSR count). The van der Waals surface area contributed by atoms with Crippen LogP contribution in [-0.2, 0) is 13.1 Å². The maximum Gasteiger partial charge on any atom is 0.255 e. The fourth-order valence-electron chi connectivity index (χ4n) is 3.52. The topological polar surface area (TPSA) is 41.6 Å². The first-order valence-electron chi connectivity index (χ1n) is 9.48. The summed E-state index contributed by atoms with van der Waals surface area (Å²) in [5, 5.41) is 3.04. The average molecular weight is 352 g/mol. The van der Waals surface area contributed by atoms with Crippen molar-refractivity contribution in [1.29, 1.82) is 0 Å². The molecule has 1 saturated heterocycles. The maximum absolute atomic E-state index is 12.5. The lowest BCUT2D eigenvalue weighted by Gasteiger charge is -2.21. The number of likely N-dealkylation sites (tertiary alicyclic amines) is 1. The van der Waals surface area contributed by atoms with Crippen molar-refractivity contribution < 1.29 is 9.53 Å². The quantitative estimate of drug-likeness (QED) is 0.854. The predicted octanol–water partition coefficient (Wildman–Crippen LogP) is 4.00. The molecule has 1 heterocycles. The van der Waals surface area contributed by atoms with E-state index in [0.29, 0.717) is 17.9 Å². The third-order valence-electron chi connectivity index (χ3n) is 5.00. The number of hydrogen-bond donors (Lipinski definition) is 1. The van der Waals surface area contributed by atoms with E-state index >= 15 is 0 Å². The highest BCUT2D eigenvalue weighted by atomic mass is 16.5. The van der Waals surface area contributed by atoms with Crippen LogP contribution in [0.1, 0.15) is 47.2 Å². The largest absolute Gasteiger partial charge is 0.496 e. The number of carbonyl (C=O) groups is 1. The van der Waals surface area contributed by atoms with E-state index in [1.54, 1.807) is 13.2 Å². The van der Waals surface area contributed by atoms with Crippen molar-refractivity contribution in [1.82, 2.24) is 10.2 Å². The first-order chi connectivity index (χ1) is 12.8. The molecule has 0 saturated carbocycles. The van der Waals surface area contributed by atoms with Gasteiger partial charge in [0, 0.05) is 13.1 Å². The number of nitrogens with one attached hydrogen (secondary N) is 1.